The fraction of sp³-hybridized carbons (Fsp3) is 0.440. The van der Waals surface area contributed by atoms with Gasteiger partial charge in [-0.2, -0.15) is 0 Å². The number of aromatic nitrogens is 1. The lowest BCUT2D eigenvalue weighted by atomic mass is 10.0. The fourth-order valence-electron chi connectivity index (χ4n) is 5.11. The normalized spacial score (nSPS) is 18.4. The second-order valence-electron chi connectivity index (χ2n) is 8.44. The molecule has 0 saturated carbocycles. The van der Waals surface area contributed by atoms with Crippen molar-refractivity contribution in [2.75, 3.05) is 26.2 Å². The van der Waals surface area contributed by atoms with Gasteiger partial charge in [0.05, 0.1) is 0 Å². The number of benzene rings is 2. The van der Waals surface area contributed by atoms with Gasteiger partial charge in [0.2, 0.25) is 0 Å². The van der Waals surface area contributed by atoms with E-state index in [4.69, 9.17) is 0 Å². The van der Waals surface area contributed by atoms with Gasteiger partial charge in [-0.25, -0.2) is 0 Å². The van der Waals surface area contributed by atoms with Crippen LogP contribution in [0.3, 0.4) is 0 Å². The third kappa shape index (κ3) is 3.61. The number of rotatable bonds is 5. The van der Waals surface area contributed by atoms with Gasteiger partial charge in [0.1, 0.15) is 0 Å². The summed E-state index contributed by atoms with van der Waals surface area (Å²) in [5.74, 6) is 0. The van der Waals surface area contributed by atoms with Crippen LogP contribution in [0.5, 0.6) is 0 Å². The molecule has 0 unspecified atom stereocenters. The Kier molecular flexibility index (Phi) is 5.20. The molecule has 5 rings (SSSR count). The summed E-state index contributed by atoms with van der Waals surface area (Å²) in [5.41, 5.74) is 6.00. The molecular formula is C25H31N3. The molecule has 1 saturated heterocycles. The van der Waals surface area contributed by atoms with Gasteiger partial charge in [-0.3, -0.25) is 4.90 Å². The molecule has 0 radical (unpaired) electrons. The van der Waals surface area contributed by atoms with Crippen LogP contribution in [0.25, 0.3) is 10.9 Å². The molecule has 0 atom stereocenters. The lowest BCUT2D eigenvalue weighted by Crippen LogP contribution is -2.34. The summed E-state index contributed by atoms with van der Waals surface area (Å²) >= 11 is 0. The Bertz CT molecular complexity index is 922. The zero-order chi connectivity index (χ0) is 18.8. The van der Waals surface area contributed by atoms with Crippen molar-refractivity contribution in [2.45, 2.75) is 45.3 Å². The SMILES string of the molecule is c1ccc(CN2CCc3c(c4ccccc4n3CCN3CCCCC3)C2)cc1. The van der Waals surface area contributed by atoms with E-state index in [2.05, 4.69) is 69.0 Å². The first-order valence-electron chi connectivity index (χ1n) is 11.0. The van der Waals surface area contributed by atoms with E-state index in [1.54, 1.807) is 11.3 Å². The number of hydrogen-bond donors (Lipinski definition) is 0. The topological polar surface area (TPSA) is 11.4 Å². The van der Waals surface area contributed by atoms with E-state index >= 15 is 0 Å². The second kappa shape index (κ2) is 8.10. The molecule has 0 spiro atoms. The average molecular weight is 374 g/mol. The first-order chi connectivity index (χ1) is 13.9. The molecule has 0 bridgehead atoms. The standard InChI is InChI=1S/C25H31N3/c1-3-9-21(10-4-1)19-27-16-13-25-23(20-27)22-11-5-6-12-24(22)28(25)18-17-26-14-7-2-8-15-26/h1,3-6,9-12H,2,7-8,13-20H2. The van der Waals surface area contributed by atoms with Crippen molar-refractivity contribution in [1.82, 2.24) is 14.4 Å². The van der Waals surface area contributed by atoms with Gasteiger partial charge in [0, 0.05) is 55.7 Å². The second-order valence-corrected chi connectivity index (χ2v) is 8.44. The van der Waals surface area contributed by atoms with Gasteiger partial charge >= 0.3 is 0 Å². The predicted octanol–water partition coefficient (Wildman–Crippen LogP) is 4.69. The number of para-hydroxylation sites is 1. The van der Waals surface area contributed by atoms with E-state index in [9.17, 15) is 0 Å². The molecular weight excluding hydrogens is 342 g/mol. The number of nitrogens with zero attached hydrogens (tertiary/aromatic N) is 3. The summed E-state index contributed by atoms with van der Waals surface area (Å²) in [6.07, 6.45) is 5.32. The van der Waals surface area contributed by atoms with E-state index in [-0.39, 0.29) is 0 Å². The van der Waals surface area contributed by atoms with Gasteiger partial charge in [-0.05, 0) is 43.1 Å². The minimum absolute atomic E-state index is 1.05. The Morgan fingerprint density at radius 3 is 2.36 bits per heavy atom. The monoisotopic (exact) mass is 373 g/mol. The highest BCUT2D eigenvalue weighted by atomic mass is 15.2. The highest BCUT2D eigenvalue weighted by Gasteiger charge is 2.24. The smallest absolute Gasteiger partial charge is 0.0486 e. The van der Waals surface area contributed by atoms with Crippen molar-refractivity contribution in [1.29, 1.82) is 0 Å². The van der Waals surface area contributed by atoms with Gasteiger partial charge in [-0.15, -0.1) is 0 Å². The van der Waals surface area contributed by atoms with Crippen molar-refractivity contribution in [3.63, 3.8) is 0 Å². The fourth-order valence-corrected chi connectivity index (χ4v) is 5.11. The van der Waals surface area contributed by atoms with Crippen LogP contribution in [-0.4, -0.2) is 40.5 Å². The van der Waals surface area contributed by atoms with Crippen LogP contribution in [0.1, 0.15) is 36.1 Å². The zero-order valence-electron chi connectivity index (χ0n) is 16.8. The van der Waals surface area contributed by atoms with E-state index < -0.39 is 0 Å². The molecule has 2 aliphatic heterocycles. The van der Waals surface area contributed by atoms with Crippen molar-refractivity contribution < 1.29 is 0 Å². The van der Waals surface area contributed by atoms with Crippen LogP contribution in [-0.2, 0) is 26.1 Å². The minimum Gasteiger partial charge on any atom is -0.343 e. The Labute approximate surface area is 168 Å². The number of hydrogen-bond acceptors (Lipinski definition) is 2. The lowest BCUT2D eigenvalue weighted by molar-refractivity contribution is 0.217. The van der Waals surface area contributed by atoms with Crippen LogP contribution in [0.2, 0.25) is 0 Å². The molecule has 3 heterocycles. The molecule has 1 aromatic heterocycles. The number of piperidine rings is 1. The average Bonchev–Trinajstić information content (AvgIpc) is 3.07. The Balaban J connectivity index is 1.39. The maximum absolute atomic E-state index is 2.66. The Hall–Kier alpha value is -2.10. The summed E-state index contributed by atoms with van der Waals surface area (Å²) < 4.78 is 2.64. The van der Waals surface area contributed by atoms with Crippen LogP contribution >= 0.6 is 0 Å². The van der Waals surface area contributed by atoms with Crippen LogP contribution in [0, 0.1) is 0 Å². The molecule has 2 aliphatic rings. The predicted molar refractivity (Wildman–Crippen MR) is 116 cm³/mol. The molecule has 0 amide bonds. The molecule has 3 aromatic rings. The highest BCUT2D eigenvalue weighted by molar-refractivity contribution is 5.85. The largest absolute Gasteiger partial charge is 0.343 e. The maximum Gasteiger partial charge on any atom is 0.0486 e. The van der Waals surface area contributed by atoms with E-state index in [1.165, 1.54) is 55.4 Å². The third-order valence-corrected chi connectivity index (χ3v) is 6.58. The van der Waals surface area contributed by atoms with Crippen molar-refractivity contribution >= 4 is 10.9 Å². The molecule has 28 heavy (non-hydrogen) atoms. The quantitative estimate of drug-likeness (QED) is 0.643. The maximum atomic E-state index is 2.66. The Morgan fingerprint density at radius 1 is 0.714 bits per heavy atom. The van der Waals surface area contributed by atoms with Gasteiger partial charge in [-0.1, -0.05) is 55.0 Å². The van der Waals surface area contributed by atoms with E-state index in [0.29, 0.717) is 0 Å². The van der Waals surface area contributed by atoms with Crippen molar-refractivity contribution in [2.24, 2.45) is 0 Å². The van der Waals surface area contributed by atoms with Gasteiger partial charge in [0.25, 0.3) is 0 Å². The summed E-state index contributed by atoms with van der Waals surface area (Å²) in [6.45, 7) is 8.17. The van der Waals surface area contributed by atoms with Crippen molar-refractivity contribution in [3.8, 4) is 0 Å². The number of likely N-dealkylation sites (tertiary alicyclic amines) is 1. The van der Waals surface area contributed by atoms with Crippen LogP contribution in [0.15, 0.2) is 54.6 Å². The molecule has 146 valence electrons. The van der Waals surface area contributed by atoms with Gasteiger partial charge < -0.3 is 9.47 Å². The molecule has 0 N–H and O–H groups in total. The van der Waals surface area contributed by atoms with Crippen LogP contribution in [0.4, 0.5) is 0 Å². The molecule has 1 fully saturated rings. The molecule has 0 aliphatic carbocycles. The summed E-state index contributed by atoms with van der Waals surface area (Å²) in [6, 6.07) is 20.0. The minimum atomic E-state index is 1.05. The van der Waals surface area contributed by atoms with E-state index in [1.807, 2.05) is 0 Å². The summed E-state index contributed by atoms with van der Waals surface area (Å²) in [5, 5.41) is 1.47. The lowest BCUT2D eigenvalue weighted by Gasteiger charge is -2.29. The van der Waals surface area contributed by atoms with Gasteiger partial charge in [0.15, 0.2) is 0 Å². The highest BCUT2D eigenvalue weighted by Crippen LogP contribution is 2.31. The molecule has 3 nitrogen and oxygen atoms in total. The number of fused-ring (bicyclic) bond motifs is 3. The first kappa shape index (κ1) is 18.0. The van der Waals surface area contributed by atoms with Crippen molar-refractivity contribution in [3.05, 3.63) is 71.4 Å². The van der Waals surface area contributed by atoms with Crippen LogP contribution < -0.4 is 0 Å². The zero-order valence-corrected chi connectivity index (χ0v) is 16.8. The molecule has 3 heteroatoms. The van der Waals surface area contributed by atoms with E-state index in [0.717, 1.165) is 32.6 Å². The Morgan fingerprint density at radius 2 is 1.50 bits per heavy atom. The molecule has 2 aromatic carbocycles. The summed E-state index contributed by atoms with van der Waals surface area (Å²) in [4.78, 5) is 5.27. The summed E-state index contributed by atoms with van der Waals surface area (Å²) in [7, 11) is 0. The third-order valence-electron chi connectivity index (χ3n) is 6.58. The first-order valence-corrected chi connectivity index (χ1v) is 11.0.